The Morgan fingerprint density at radius 1 is 1.00 bits per heavy atom. The molecule has 0 heterocycles. The number of carbonyl (C=O) groups excluding carboxylic acids is 2. The summed E-state index contributed by atoms with van der Waals surface area (Å²) in [5.74, 6) is -0.721. The van der Waals surface area contributed by atoms with E-state index < -0.39 is 28.5 Å². The fourth-order valence-corrected chi connectivity index (χ4v) is 4.55. The number of anilines is 1. The first kappa shape index (κ1) is 26.9. The quantitative estimate of drug-likeness (QED) is 0.252. The summed E-state index contributed by atoms with van der Waals surface area (Å²) in [4.78, 5) is 25.3. The van der Waals surface area contributed by atoms with Crippen molar-refractivity contribution in [3.05, 3.63) is 88.9 Å². The van der Waals surface area contributed by atoms with Crippen molar-refractivity contribution in [2.75, 3.05) is 33.1 Å². The molecule has 0 aromatic heterocycles. The molecule has 1 N–H and O–H groups in total. The number of sulfonamides is 1. The van der Waals surface area contributed by atoms with Crippen molar-refractivity contribution in [3.63, 3.8) is 0 Å². The second-order valence-corrected chi connectivity index (χ2v) is 10.3. The number of esters is 1. The normalized spacial score (nSPS) is 11.8. The number of carbonyl (C=O) groups is 2. The van der Waals surface area contributed by atoms with Gasteiger partial charge in [0, 0.05) is 19.8 Å². The van der Waals surface area contributed by atoms with Crippen LogP contribution >= 0.6 is 11.6 Å². The summed E-state index contributed by atoms with van der Waals surface area (Å²) >= 11 is 6.04. The number of hydrogen-bond donors (Lipinski definition) is 1. The molecule has 0 saturated heterocycles. The monoisotopic (exact) mass is 528 g/mol. The molecule has 3 aromatic rings. The molecule has 0 spiro atoms. The Hall–Kier alpha value is -3.66. The Labute approximate surface area is 215 Å². The van der Waals surface area contributed by atoms with Crippen LogP contribution in [0.4, 0.5) is 5.69 Å². The van der Waals surface area contributed by atoms with Gasteiger partial charge in [0.25, 0.3) is 5.91 Å². The summed E-state index contributed by atoms with van der Waals surface area (Å²) < 4.78 is 36.4. The van der Waals surface area contributed by atoms with Crippen molar-refractivity contribution in [2.24, 2.45) is 0 Å². The summed E-state index contributed by atoms with van der Waals surface area (Å²) in [6.07, 6.45) is 1.65. The molecule has 0 radical (unpaired) electrons. The first-order chi connectivity index (χ1) is 17.1. The van der Waals surface area contributed by atoms with Crippen molar-refractivity contribution < 1.29 is 27.5 Å². The lowest BCUT2D eigenvalue weighted by atomic mass is 10.0. The highest BCUT2D eigenvalue weighted by Gasteiger charge is 2.22. The molecule has 0 unspecified atom stereocenters. The Bertz CT molecular complexity index is 1390. The molecule has 36 heavy (non-hydrogen) atoms. The highest BCUT2D eigenvalue weighted by molar-refractivity contribution is 7.89. The van der Waals surface area contributed by atoms with E-state index in [1.165, 1.54) is 32.3 Å². The lowest BCUT2D eigenvalue weighted by molar-refractivity contribution is -0.141. The molecular weight excluding hydrogens is 504 g/mol. The van der Waals surface area contributed by atoms with Gasteiger partial charge in [0.1, 0.15) is 10.6 Å². The third-order valence-corrected chi connectivity index (χ3v) is 7.31. The molecule has 0 aliphatic heterocycles. The van der Waals surface area contributed by atoms with Crippen LogP contribution in [0, 0.1) is 0 Å². The van der Waals surface area contributed by atoms with Gasteiger partial charge < -0.3 is 14.8 Å². The maximum absolute atomic E-state index is 13.0. The Kier molecular flexibility index (Phi) is 8.87. The summed E-state index contributed by atoms with van der Waals surface area (Å²) in [5.41, 5.74) is 1.77. The van der Waals surface area contributed by atoms with Crippen LogP contribution in [0.1, 0.15) is 11.1 Å². The second kappa shape index (κ2) is 11.9. The van der Waals surface area contributed by atoms with Gasteiger partial charge in [-0.1, -0.05) is 54.1 Å². The first-order valence-corrected chi connectivity index (χ1v) is 12.5. The van der Waals surface area contributed by atoms with Gasteiger partial charge in [0.15, 0.2) is 6.61 Å². The summed E-state index contributed by atoms with van der Waals surface area (Å²) in [6, 6.07) is 20.1. The van der Waals surface area contributed by atoms with E-state index in [1.54, 1.807) is 55.7 Å². The molecule has 188 valence electrons. The molecule has 0 aliphatic rings. The molecule has 3 rings (SSSR count). The zero-order valence-electron chi connectivity index (χ0n) is 19.9. The zero-order valence-corrected chi connectivity index (χ0v) is 21.5. The Balaban J connectivity index is 1.76. The van der Waals surface area contributed by atoms with Gasteiger partial charge in [-0.3, -0.25) is 4.79 Å². The van der Waals surface area contributed by atoms with E-state index in [2.05, 4.69) is 5.32 Å². The van der Waals surface area contributed by atoms with Gasteiger partial charge >= 0.3 is 5.97 Å². The lowest BCUT2D eigenvalue weighted by Crippen LogP contribution is -2.24. The number of methoxy groups -OCH3 is 1. The van der Waals surface area contributed by atoms with Crippen LogP contribution in [0.25, 0.3) is 11.6 Å². The smallest absolute Gasteiger partial charge is 0.339 e. The van der Waals surface area contributed by atoms with Gasteiger partial charge in [0.05, 0.1) is 17.7 Å². The number of rotatable bonds is 9. The van der Waals surface area contributed by atoms with Crippen molar-refractivity contribution in [3.8, 4) is 5.75 Å². The van der Waals surface area contributed by atoms with Crippen molar-refractivity contribution in [2.45, 2.75) is 4.90 Å². The number of benzene rings is 3. The predicted molar refractivity (Wildman–Crippen MR) is 139 cm³/mol. The molecule has 3 aromatic carbocycles. The van der Waals surface area contributed by atoms with Crippen LogP contribution in [0.5, 0.6) is 5.75 Å². The standard InChI is InChI=1S/C26H25ClN2O6S/c1-29(2)36(32,33)24-16-20(12-13-23(24)27)28-25(30)17-35-26(31)22(19-9-5-4-6-10-19)15-18-8-7-11-21(14-18)34-3/h4-16H,17H2,1-3H3,(H,28,30). The van der Waals surface area contributed by atoms with Gasteiger partial charge in [-0.25, -0.2) is 17.5 Å². The highest BCUT2D eigenvalue weighted by atomic mass is 35.5. The van der Waals surface area contributed by atoms with E-state index in [1.807, 2.05) is 12.1 Å². The van der Waals surface area contributed by atoms with Crippen LogP contribution in [0.3, 0.4) is 0 Å². The molecule has 0 fully saturated rings. The molecule has 0 atom stereocenters. The number of hydrogen-bond acceptors (Lipinski definition) is 6. The van der Waals surface area contributed by atoms with Crippen LogP contribution in [-0.4, -0.2) is 52.4 Å². The zero-order chi connectivity index (χ0) is 26.3. The van der Waals surface area contributed by atoms with Crippen molar-refractivity contribution in [1.29, 1.82) is 0 Å². The summed E-state index contributed by atoms with van der Waals surface area (Å²) in [6.45, 7) is -0.584. The number of ether oxygens (including phenoxy) is 2. The van der Waals surface area contributed by atoms with Crippen LogP contribution in [0.2, 0.25) is 5.02 Å². The van der Waals surface area contributed by atoms with E-state index in [0.717, 1.165) is 4.31 Å². The fraction of sp³-hybridized carbons (Fsp3) is 0.154. The van der Waals surface area contributed by atoms with Gasteiger partial charge in [-0.2, -0.15) is 0 Å². The largest absolute Gasteiger partial charge is 0.497 e. The number of nitrogens with one attached hydrogen (secondary N) is 1. The SMILES string of the molecule is COc1cccc(C=C(C(=O)OCC(=O)Nc2ccc(Cl)c(S(=O)(=O)N(C)C)c2)c2ccccc2)c1. The lowest BCUT2D eigenvalue weighted by Gasteiger charge is -2.14. The topological polar surface area (TPSA) is 102 Å². The highest BCUT2D eigenvalue weighted by Crippen LogP contribution is 2.27. The molecule has 0 saturated carbocycles. The van der Waals surface area contributed by atoms with Gasteiger partial charge in [0.2, 0.25) is 10.0 Å². The van der Waals surface area contributed by atoms with E-state index in [-0.39, 0.29) is 21.2 Å². The van der Waals surface area contributed by atoms with Gasteiger partial charge in [-0.05, 0) is 47.5 Å². The minimum absolute atomic E-state index is 0.0170. The Morgan fingerprint density at radius 2 is 1.72 bits per heavy atom. The predicted octanol–water partition coefficient (Wildman–Crippen LogP) is 4.32. The average molecular weight is 529 g/mol. The number of nitrogens with zero attached hydrogens (tertiary/aromatic N) is 1. The third-order valence-electron chi connectivity index (χ3n) is 5.02. The fourth-order valence-electron chi connectivity index (χ4n) is 3.16. The molecule has 0 aliphatic carbocycles. The van der Waals surface area contributed by atoms with E-state index >= 15 is 0 Å². The minimum Gasteiger partial charge on any atom is -0.497 e. The second-order valence-electron chi connectivity index (χ2n) is 7.76. The first-order valence-electron chi connectivity index (χ1n) is 10.7. The molecule has 8 nitrogen and oxygen atoms in total. The molecular formula is C26H25ClN2O6S. The maximum Gasteiger partial charge on any atom is 0.339 e. The number of halogens is 1. The summed E-state index contributed by atoms with van der Waals surface area (Å²) in [7, 11) is 0.478. The molecule has 0 bridgehead atoms. The summed E-state index contributed by atoms with van der Waals surface area (Å²) in [5, 5.41) is 2.54. The minimum atomic E-state index is -3.82. The van der Waals surface area contributed by atoms with E-state index in [4.69, 9.17) is 21.1 Å². The van der Waals surface area contributed by atoms with E-state index in [0.29, 0.717) is 16.9 Å². The van der Waals surface area contributed by atoms with Crippen LogP contribution in [0.15, 0.2) is 77.7 Å². The molecule has 1 amide bonds. The van der Waals surface area contributed by atoms with Gasteiger partial charge in [-0.15, -0.1) is 0 Å². The van der Waals surface area contributed by atoms with E-state index in [9.17, 15) is 18.0 Å². The Morgan fingerprint density at radius 3 is 2.39 bits per heavy atom. The third kappa shape index (κ3) is 6.72. The average Bonchev–Trinajstić information content (AvgIpc) is 2.87. The molecule has 10 heteroatoms. The number of amides is 1. The van der Waals surface area contributed by atoms with Crippen LogP contribution < -0.4 is 10.1 Å². The van der Waals surface area contributed by atoms with Crippen LogP contribution in [-0.2, 0) is 24.3 Å². The maximum atomic E-state index is 13.0. The van der Waals surface area contributed by atoms with Crippen molar-refractivity contribution in [1.82, 2.24) is 4.31 Å². The van der Waals surface area contributed by atoms with Crippen molar-refractivity contribution >= 4 is 50.8 Å².